The number of hydrogen-bond acceptors (Lipinski definition) is 4. The van der Waals surface area contributed by atoms with Crippen molar-refractivity contribution in [1.29, 1.82) is 0 Å². The topological polar surface area (TPSA) is 60.5 Å². The minimum Gasteiger partial charge on any atom is -0.492 e. The third-order valence-corrected chi connectivity index (χ3v) is 6.80. The maximum Gasteiger partial charge on any atom is 0.283 e. The second kappa shape index (κ2) is 11.8. The van der Waals surface area contributed by atoms with Gasteiger partial charge in [-0.15, -0.1) is 0 Å². The van der Waals surface area contributed by atoms with Gasteiger partial charge in [0.1, 0.15) is 19.0 Å². The lowest BCUT2D eigenvalue weighted by Crippen LogP contribution is -2.49. The Labute approximate surface area is 212 Å². The highest BCUT2D eigenvalue weighted by Crippen LogP contribution is 2.46. The van der Waals surface area contributed by atoms with Crippen LogP contribution in [0.25, 0.3) is 10.9 Å². The molecule has 4 rings (SSSR count). The van der Waals surface area contributed by atoms with Crippen LogP contribution in [0.5, 0.6) is 5.75 Å². The number of ether oxygens (including phenoxy) is 1. The molecule has 202 valence electrons. The van der Waals surface area contributed by atoms with Crippen LogP contribution in [0.3, 0.4) is 0 Å². The summed E-state index contributed by atoms with van der Waals surface area (Å²) >= 11 is 0. The van der Waals surface area contributed by atoms with E-state index in [2.05, 4.69) is 10.3 Å². The van der Waals surface area contributed by atoms with Gasteiger partial charge in [0.15, 0.2) is 0 Å². The molecule has 3 N–H and O–H groups in total. The van der Waals surface area contributed by atoms with Crippen LogP contribution in [0.1, 0.15) is 48.2 Å². The summed E-state index contributed by atoms with van der Waals surface area (Å²) < 4.78 is 76.1. The van der Waals surface area contributed by atoms with Gasteiger partial charge in [0, 0.05) is 29.2 Å². The molecule has 1 aliphatic rings. The van der Waals surface area contributed by atoms with Crippen molar-refractivity contribution in [3.63, 3.8) is 0 Å². The summed E-state index contributed by atoms with van der Waals surface area (Å²) in [5, 5.41) is 13.2. The maximum atomic E-state index is 14.6. The molecule has 1 aromatic heterocycles. The molecule has 2 heterocycles. The molecule has 5 nitrogen and oxygen atoms in total. The van der Waals surface area contributed by atoms with E-state index in [4.69, 9.17) is 4.74 Å². The van der Waals surface area contributed by atoms with Crippen molar-refractivity contribution in [3.8, 4) is 5.75 Å². The first-order chi connectivity index (χ1) is 17.8. The number of nitrogens with zero attached hydrogens (tertiary/aromatic N) is 1. The number of hydrogen-bond donors (Lipinski definition) is 3. The second-order valence-electron chi connectivity index (χ2n) is 9.41. The van der Waals surface area contributed by atoms with E-state index in [1.165, 1.54) is 17.0 Å². The van der Waals surface area contributed by atoms with Crippen LogP contribution in [0.2, 0.25) is 0 Å². The number of nitrogens with one attached hydrogen (secondary N) is 2. The summed E-state index contributed by atoms with van der Waals surface area (Å²) in [7, 11) is 0. The van der Waals surface area contributed by atoms with E-state index >= 15 is 0 Å². The van der Waals surface area contributed by atoms with Crippen molar-refractivity contribution in [3.05, 3.63) is 64.8 Å². The Morgan fingerprint density at radius 2 is 1.95 bits per heavy atom. The summed E-state index contributed by atoms with van der Waals surface area (Å²) in [4.78, 5) is 4.78. The van der Waals surface area contributed by atoms with Crippen LogP contribution in [0, 0.1) is 0 Å². The van der Waals surface area contributed by atoms with Crippen LogP contribution in [-0.2, 0) is 6.42 Å². The highest BCUT2D eigenvalue weighted by atomic mass is 19.3. The van der Waals surface area contributed by atoms with Crippen molar-refractivity contribution < 1.29 is 31.8 Å². The molecule has 1 unspecified atom stereocenters. The van der Waals surface area contributed by atoms with Gasteiger partial charge in [0.2, 0.25) is 0 Å². The summed E-state index contributed by atoms with van der Waals surface area (Å²) in [5.41, 5.74) is 2.10. The normalized spacial score (nSPS) is 18.5. The van der Waals surface area contributed by atoms with E-state index in [-0.39, 0.29) is 23.5 Å². The second-order valence-corrected chi connectivity index (χ2v) is 9.41. The Kier molecular flexibility index (Phi) is 8.71. The van der Waals surface area contributed by atoms with Crippen molar-refractivity contribution in [1.82, 2.24) is 15.2 Å². The number of halogens is 5. The Morgan fingerprint density at radius 3 is 2.68 bits per heavy atom. The Bertz CT molecular complexity index is 1190. The summed E-state index contributed by atoms with van der Waals surface area (Å²) in [6.07, 6.45) is -2.13. The number of aliphatic hydroxyl groups excluding tert-OH is 1. The van der Waals surface area contributed by atoms with Crippen molar-refractivity contribution in [2.24, 2.45) is 0 Å². The zero-order valence-electron chi connectivity index (χ0n) is 20.6. The maximum absolute atomic E-state index is 14.6. The largest absolute Gasteiger partial charge is 0.492 e. The molecule has 3 aromatic rings. The number of alkyl halides is 5. The molecule has 0 saturated heterocycles. The number of aliphatic hydroxyl groups is 1. The van der Waals surface area contributed by atoms with E-state index in [0.717, 1.165) is 16.5 Å². The monoisotopic (exact) mass is 525 g/mol. The number of benzene rings is 2. The van der Waals surface area contributed by atoms with E-state index in [1.807, 2.05) is 24.3 Å². The van der Waals surface area contributed by atoms with Gasteiger partial charge in [-0.05, 0) is 49.6 Å². The average Bonchev–Trinajstić information content (AvgIpc) is 3.24. The predicted octanol–water partition coefficient (Wildman–Crippen LogP) is 5.40. The molecular formula is C27H32F5N3O2. The summed E-state index contributed by atoms with van der Waals surface area (Å²) in [6.45, 7) is 0.0657. The fraction of sp³-hybridized carbons (Fsp3) is 0.481. The van der Waals surface area contributed by atoms with Crippen LogP contribution in [0.4, 0.5) is 22.0 Å². The molecule has 1 aliphatic heterocycles. The Hall–Kier alpha value is -2.69. The molecule has 0 saturated carbocycles. The molecule has 0 amide bonds. The van der Waals surface area contributed by atoms with Gasteiger partial charge in [-0.2, -0.15) is 0 Å². The van der Waals surface area contributed by atoms with Gasteiger partial charge in [-0.25, -0.2) is 17.6 Å². The number of rotatable bonds is 12. The molecule has 2 aromatic carbocycles. The first kappa shape index (κ1) is 27.3. The standard InChI is InChI=1S/C27H32F5N3O2/c1-17-14-20-18-6-2-3-8-21(18)34-24(20)25(35(17)15-27(31,32)16-36)19-7-4-9-22(23(19)26(29)30)37-13-12-33-11-5-10-28/h2-4,6-9,17,25-26,33-34,36H,5,10-16H2,1H3/t17-,25?/m1/s1. The fourth-order valence-corrected chi connectivity index (χ4v) is 5.11. The van der Waals surface area contributed by atoms with Crippen LogP contribution in [-0.4, -0.2) is 66.5 Å². The zero-order chi connectivity index (χ0) is 26.6. The number of H-pyrrole nitrogens is 1. The Balaban J connectivity index is 1.78. The smallest absolute Gasteiger partial charge is 0.283 e. The highest BCUT2D eigenvalue weighted by molar-refractivity contribution is 5.85. The van der Waals surface area contributed by atoms with Crippen molar-refractivity contribution in [2.75, 3.05) is 39.5 Å². The fourth-order valence-electron chi connectivity index (χ4n) is 5.11. The van der Waals surface area contributed by atoms with Gasteiger partial charge < -0.3 is 20.1 Å². The minimum absolute atomic E-state index is 0.0236. The van der Waals surface area contributed by atoms with Gasteiger partial charge >= 0.3 is 0 Å². The van der Waals surface area contributed by atoms with E-state index in [9.17, 15) is 27.1 Å². The summed E-state index contributed by atoms with van der Waals surface area (Å²) in [5.74, 6) is -3.44. The molecule has 10 heteroatoms. The third kappa shape index (κ3) is 5.91. The number of aromatic nitrogens is 1. The van der Waals surface area contributed by atoms with Crippen molar-refractivity contribution >= 4 is 10.9 Å². The summed E-state index contributed by atoms with van der Waals surface area (Å²) in [6, 6.07) is 10.7. The molecule has 0 spiro atoms. The Morgan fingerprint density at radius 1 is 1.16 bits per heavy atom. The predicted molar refractivity (Wildman–Crippen MR) is 132 cm³/mol. The lowest BCUT2D eigenvalue weighted by molar-refractivity contribution is -0.0866. The minimum atomic E-state index is -3.42. The molecule has 0 fully saturated rings. The number of aromatic amines is 1. The molecule has 0 aliphatic carbocycles. The van der Waals surface area contributed by atoms with Gasteiger partial charge in [-0.3, -0.25) is 9.29 Å². The van der Waals surface area contributed by atoms with Crippen LogP contribution in [0.15, 0.2) is 42.5 Å². The lowest BCUT2D eigenvalue weighted by Gasteiger charge is -2.42. The molecule has 0 bridgehead atoms. The zero-order valence-corrected chi connectivity index (χ0v) is 20.6. The average molecular weight is 526 g/mol. The highest BCUT2D eigenvalue weighted by Gasteiger charge is 2.43. The van der Waals surface area contributed by atoms with Gasteiger partial charge in [0.05, 0.1) is 24.8 Å². The van der Waals surface area contributed by atoms with E-state index in [0.29, 0.717) is 31.6 Å². The molecule has 0 radical (unpaired) electrons. The number of para-hydroxylation sites is 1. The first-order valence-electron chi connectivity index (χ1n) is 12.4. The molecule has 37 heavy (non-hydrogen) atoms. The lowest BCUT2D eigenvalue weighted by atomic mass is 9.86. The van der Waals surface area contributed by atoms with Gasteiger partial charge in [0.25, 0.3) is 12.3 Å². The van der Waals surface area contributed by atoms with Gasteiger partial charge in [-0.1, -0.05) is 30.3 Å². The first-order valence-corrected chi connectivity index (χ1v) is 12.4. The van der Waals surface area contributed by atoms with E-state index in [1.54, 1.807) is 13.0 Å². The molecular weight excluding hydrogens is 493 g/mol. The van der Waals surface area contributed by atoms with E-state index < -0.39 is 44.3 Å². The van der Waals surface area contributed by atoms with Crippen LogP contribution >= 0.6 is 0 Å². The van der Waals surface area contributed by atoms with Crippen molar-refractivity contribution in [2.45, 2.75) is 44.2 Å². The van der Waals surface area contributed by atoms with Crippen LogP contribution < -0.4 is 10.1 Å². The quantitative estimate of drug-likeness (QED) is 0.219. The molecule has 2 atom stereocenters. The SMILES string of the molecule is C[C@@H]1Cc2c([nH]c3ccccc23)C(c2cccc(OCCNCCCF)c2C(F)F)N1CC(F)(F)CO. The third-order valence-electron chi connectivity index (χ3n) is 6.80. The number of fused-ring (bicyclic) bond motifs is 3.